The minimum atomic E-state index is -1.13. The van der Waals surface area contributed by atoms with Crippen LogP contribution in [-0.2, 0) is 17.9 Å². The van der Waals surface area contributed by atoms with Crippen LogP contribution in [0, 0.1) is 22.9 Å². The molecule has 10 heteroatoms. The first kappa shape index (κ1) is 27.4. The van der Waals surface area contributed by atoms with Crippen LogP contribution in [0.2, 0.25) is 5.02 Å². The summed E-state index contributed by atoms with van der Waals surface area (Å²) in [6, 6.07) is 23.1. The third kappa shape index (κ3) is 7.03. The molecule has 0 heterocycles. The zero-order valence-electron chi connectivity index (χ0n) is 20.8. The van der Waals surface area contributed by atoms with Crippen LogP contribution in [-0.4, -0.2) is 22.6 Å². The fourth-order valence-corrected chi connectivity index (χ4v) is 4.20. The number of hydrogen-bond acceptors (Lipinski definition) is 6. The number of benzene rings is 4. The van der Waals surface area contributed by atoms with Crippen molar-refractivity contribution < 1.29 is 28.7 Å². The van der Waals surface area contributed by atoms with Gasteiger partial charge in [-0.25, -0.2) is 9.18 Å². The molecule has 0 saturated heterocycles. The van der Waals surface area contributed by atoms with E-state index < -0.39 is 17.5 Å². The van der Waals surface area contributed by atoms with E-state index >= 15 is 0 Å². The van der Waals surface area contributed by atoms with Crippen LogP contribution >= 0.6 is 11.6 Å². The predicted octanol–water partition coefficient (Wildman–Crippen LogP) is 7.16. The molecular weight excluding hydrogens is 527 g/mol. The number of nitrogens with zero attached hydrogens (tertiary/aromatic N) is 2. The molecule has 4 aromatic carbocycles. The topological polar surface area (TPSA) is 102 Å². The minimum absolute atomic E-state index is 0.00977. The average Bonchev–Trinajstić information content (AvgIpc) is 2.91. The highest BCUT2D eigenvalue weighted by molar-refractivity contribution is 6.32. The molecule has 0 radical (unpaired) electrons. The number of aliphatic carboxylic acids is 1. The van der Waals surface area contributed by atoms with Gasteiger partial charge in [-0.3, -0.25) is 10.1 Å². The SMILES string of the molecule is Cc1c(N(Cc2ccc(Oc3ccc(Cl)c(OCC(=O)O)c3)cc2)Cc2ccccc2F)cccc1[N+](=O)[O-]. The standard InChI is InChI=1S/C29H24ClFN2O6/c1-19-26(7-4-8-27(19)33(36)37)32(17-21-5-2-3-6-25(21)31)16-20-9-11-22(12-10-20)39-23-13-14-24(30)28(15-23)38-18-29(34)35/h2-15H,16-18H2,1H3,(H,34,35). The summed E-state index contributed by atoms with van der Waals surface area (Å²) < 4.78 is 25.6. The predicted molar refractivity (Wildman–Crippen MR) is 145 cm³/mol. The molecule has 1 N–H and O–H groups in total. The zero-order chi connectivity index (χ0) is 27.9. The number of ether oxygens (including phenoxy) is 2. The van der Waals surface area contributed by atoms with Crippen LogP contribution in [0.3, 0.4) is 0 Å². The summed E-state index contributed by atoms with van der Waals surface area (Å²) in [5, 5.41) is 20.6. The summed E-state index contributed by atoms with van der Waals surface area (Å²) in [4.78, 5) is 23.8. The molecular formula is C29H24ClFN2O6. The van der Waals surface area contributed by atoms with E-state index in [1.165, 1.54) is 18.2 Å². The summed E-state index contributed by atoms with van der Waals surface area (Å²) in [7, 11) is 0. The van der Waals surface area contributed by atoms with Gasteiger partial charge >= 0.3 is 5.97 Å². The number of carboxylic acid groups (broad SMARTS) is 1. The molecule has 0 spiro atoms. The van der Waals surface area contributed by atoms with E-state index in [0.717, 1.165) is 5.56 Å². The van der Waals surface area contributed by atoms with E-state index in [4.69, 9.17) is 26.2 Å². The minimum Gasteiger partial charge on any atom is -0.480 e. The largest absolute Gasteiger partial charge is 0.480 e. The Morgan fingerprint density at radius 1 is 1.00 bits per heavy atom. The Kier molecular flexibility index (Phi) is 8.63. The van der Waals surface area contributed by atoms with Gasteiger partial charge in [-0.15, -0.1) is 0 Å². The smallest absolute Gasteiger partial charge is 0.341 e. The molecule has 0 aliphatic carbocycles. The number of nitro benzene ring substituents is 1. The number of hydrogen-bond donors (Lipinski definition) is 1. The Morgan fingerprint density at radius 3 is 2.41 bits per heavy atom. The van der Waals surface area contributed by atoms with Crippen molar-refractivity contribution >= 4 is 28.9 Å². The van der Waals surface area contributed by atoms with E-state index in [2.05, 4.69) is 0 Å². The Bertz CT molecular complexity index is 1500. The van der Waals surface area contributed by atoms with Crippen LogP contribution in [0.5, 0.6) is 17.2 Å². The molecule has 0 unspecified atom stereocenters. The molecule has 39 heavy (non-hydrogen) atoms. The van der Waals surface area contributed by atoms with Gasteiger partial charge in [-0.05, 0) is 48.9 Å². The first-order chi connectivity index (χ1) is 18.7. The highest BCUT2D eigenvalue weighted by Crippen LogP contribution is 2.33. The maximum atomic E-state index is 14.5. The molecule has 4 aromatic rings. The molecule has 0 aliphatic heterocycles. The first-order valence-electron chi connectivity index (χ1n) is 11.8. The second-order valence-electron chi connectivity index (χ2n) is 8.65. The fourth-order valence-electron chi connectivity index (χ4n) is 4.03. The molecule has 4 rings (SSSR count). The molecule has 0 bridgehead atoms. The molecule has 0 saturated carbocycles. The second kappa shape index (κ2) is 12.3. The number of nitro groups is 1. The van der Waals surface area contributed by atoms with Crippen LogP contribution in [0.1, 0.15) is 16.7 Å². The van der Waals surface area contributed by atoms with Crippen LogP contribution in [0.4, 0.5) is 15.8 Å². The highest BCUT2D eigenvalue weighted by Gasteiger charge is 2.19. The first-order valence-corrected chi connectivity index (χ1v) is 12.2. The quantitative estimate of drug-likeness (QED) is 0.156. The van der Waals surface area contributed by atoms with E-state index in [0.29, 0.717) is 34.9 Å². The van der Waals surface area contributed by atoms with Gasteiger partial charge in [0, 0.05) is 36.5 Å². The lowest BCUT2D eigenvalue weighted by atomic mass is 10.1. The highest BCUT2D eigenvalue weighted by atomic mass is 35.5. The van der Waals surface area contributed by atoms with Gasteiger partial charge in [0.15, 0.2) is 6.61 Å². The molecule has 8 nitrogen and oxygen atoms in total. The maximum Gasteiger partial charge on any atom is 0.341 e. The van der Waals surface area contributed by atoms with E-state index in [1.54, 1.807) is 61.5 Å². The summed E-state index contributed by atoms with van der Waals surface area (Å²) in [6.07, 6.45) is 0. The van der Waals surface area contributed by atoms with Crippen molar-refractivity contribution in [1.29, 1.82) is 0 Å². The third-order valence-corrected chi connectivity index (χ3v) is 6.23. The Hall–Kier alpha value is -4.63. The summed E-state index contributed by atoms with van der Waals surface area (Å²) in [6.45, 7) is 1.70. The molecule has 0 atom stereocenters. The zero-order valence-corrected chi connectivity index (χ0v) is 21.6. The van der Waals surface area contributed by atoms with Gasteiger partial charge < -0.3 is 19.5 Å². The molecule has 0 aliphatic rings. The van der Waals surface area contributed by atoms with Gasteiger partial charge in [-0.2, -0.15) is 0 Å². The Morgan fingerprint density at radius 2 is 1.72 bits per heavy atom. The van der Waals surface area contributed by atoms with Crippen molar-refractivity contribution in [1.82, 2.24) is 0 Å². The lowest BCUT2D eigenvalue weighted by Gasteiger charge is -2.27. The number of carboxylic acids is 1. The summed E-state index contributed by atoms with van der Waals surface area (Å²) in [5.74, 6) is -0.385. The van der Waals surface area contributed by atoms with Crippen LogP contribution in [0.25, 0.3) is 0 Å². The van der Waals surface area contributed by atoms with Crippen LogP contribution in [0.15, 0.2) is 84.9 Å². The van der Waals surface area contributed by atoms with Gasteiger partial charge in [0.25, 0.3) is 5.69 Å². The lowest BCUT2D eigenvalue weighted by molar-refractivity contribution is -0.385. The fraction of sp³-hybridized carbons (Fsp3) is 0.138. The number of anilines is 1. The summed E-state index contributed by atoms with van der Waals surface area (Å²) in [5.41, 5.74) is 2.44. The van der Waals surface area contributed by atoms with Crippen LogP contribution < -0.4 is 14.4 Å². The molecule has 0 fully saturated rings. The van der Waals surface area contributed by atoms with Gasteiger partial charge in [0.05, 0.1) is 15.5 Å². The lowest BCUT2D eigenvalue weighted by Crippen LogP contribution is -2.23. The second-order valence-corrected chi connectivity index (χ2v) is 9.05. The number of carbonyl (C=O) groups is 1. The number of rotatable bonds is 11. The monoisotopic (exact) mass is 550 g/mol. The van der Waals surface area contributed by atoms with Crippen molar-refractivity contribution in [2.75, 3.05) is 11.5 Å². The van der Waals surface area contributed by atoms with Gasteiger partial charge in [-0.1, -0.05) is 48.0 Å². The van der Waals surface area contributed by atoms with E-state index in [-0.39, 0.29) is 28.8 Å². The van der Waals surface area contributed by atoms with Crippen molar-refractivity contribution in [2.45, 2.75) is 20.0 Å². The van der Waals surface area contributed by atoms with Gasteiger partial charge in [0.1, 0.15) is 23.1 Å². The molecule has 200 valence electrons. The van der Waals surface area contributed by atoms with Crippen molar-refractivity contribution in [3.05, 3.63) is 123 Å². The van der Waals surface area contributed by atoms with Crippen molar-refractivity contribution in [3.63, 3.8) is 0 Å². The normalized spacial score (nSPS) is 10.6. The molecule has 0 amide bonds. The van der Waals surface area contributed by atoms with E-state index in [1.807, 2.05) is 17.0 Å². The Balaban J connectivity index is 1.56. The number of halogens is 2. The average molecular weight is 551 g/mol. The summed E-state index contributed by atoms with van der Waals surface area (Å²) >= 11 is 6.07. The third-order valence-electron chi connectivity index (χ3n) is 5.92. The molecule has 0 aromatic heterocycles. The van der Waals surface area contributed by atoms with Gasteiger partial charge in [0.2, 0.25) is 0 Å². The van der Waals surface area contributed by atoms with E-state index in [9.17, 15) is 19.3 Å². The van der Waals surface area contributed by atoms with Crippen molar-refractivity contribution in [2.24, 2.45) is 0 Å². The Labute approximate surface area is 228 Å². The van der Waals surface area contributed by atoms with Crippen molar-refractivity contribution in [3.8, 4) is 17.2 Å². The maximum absolute atomic E-state index is 14.5.